The Morgan fingerprint density at radius 1 is 1.73 bits per heavy atom. The van der Waals surface area contributed by atoms with Gasteiger partial charge in [0, 0.05) is 6.20 Å². The van der Waals surface area contributed by atoms with Crippen molar-refractivity contribution in [2.24, 2.45) is 0 Å². The smallest absolute Gasteiger partial charge is 0.339 e. The summed E-state index contributed by atoms with van der Waals surface area (Å²) in [7, 11) is 0. The number of terminal acetylenes is 1. The topological polar surface area (TPSA) is 39.2 Å². The maximum absolute atomic E-state index is 11.5. The van der Waals surface area contributed by atoms with E-state index in [0.717, 1.165) is 5.03 Å². The largest absolute Gasteiger partial charge is 0.446 e. The van der Waals surface area contributed by atoms with E-state index in [2.05, 4.69) is 10.9 Å². The number of hydrogen-bond donors (Lipinski definition) is 0. The molecule has 0 saturated heterocycles. The second-order valence-electron chi connectivity index (χ2n) is 2.80. The molecule has 1 heterocycles. The molecule has 0 spiro atoms. The van der Waals surface area contributed by atoms with E-state index in [1.54, 1.807) is 25.3 Å². The monoisotopic (exact) mass is 221 g/mol. The van der Waals surface area contributed by atoms with Gasteiger partial charge in [-0.05, 0) is 25.3 Å². The van der Waals surface area contributed by atoms with Crippen LogP contribution in [0.1, 0.15) is 17.3 Å². The van der Waals surface area contributed by atoms with Crippen LogP contribution in [0.15, 0.2) is 23.4 Å². The van der Waals surface area contributed by atoms with Crippen molar-refractivity contribution < 1.29 is 9.53 Å². The lowest BCUT2D eigenvalue weighted by molar-refractivity contribution is 0.0438. The molecule has 0 unspecified atom stereocenters. The molecule has 0 aliphatic heterocycles. The van der Waals surface area contributed by atoms with Gasteiger partial charge in [-0.2, -0.15) is 0 Å². The predicted octanol–water partition coefficient (Wildman–Crippen LogP) is 1.98. The van der Waals surface area contributed by atoms with E-state index < -0.39 is 12.1 Å². The van der Waals surface area contributed by atoms with Crippen molar-refractivity contribution in [2.45, 2.75) is 18.1 Å². The first-order chi connectivity index (χ1) is 7.17. The molecule has 0 saturated carbocycles. The molecule has 78 valence electrons. The Labute approximate surface area is 93.2 Å². The lowest BCUT2D eigenvalue weighted by atomic mass is 10.3. The molecule has 4 heteroatoms. The molecule has 1 aromatic heterocycles. The molecular formula is C11H11NO2S. The van der Waals surface area contributed by atoms with Crippen molar-refractivity contribution in [1.82, 2.24) is 4.98 Å². The molecule has 1 rings (SSSR count). The summed E-state index contributed by atoms with van der Waals surface area (Å²) in [4.78, 5) is 15.6. The number of hydrogen-bond acceptors (Lipinski definition) is 4. The lowest BCUT2D eigenvalue weighted by Gasteiger charge is -2.07. The Balaban J connectivity index is 2.78. The van der Waals surface area contributed by atoms with Crippen LogP contribution >= 0.6 is 11.8 Å². The van der Waals surface area contributed by atoms with E-state index in [1.165, 1.54) is 11.8 Å². The highest BCUT2D eigenvalue weighted by Crippen LogP contribution is 2.13. The number of ether oxygens (including phenoxy) is 1. The van der Waals surface area contributed by atoms with Crippen molar-refractivity contribution in [3.8, 4) is 12.3 Å². The molecular weight excluding hydrogens is 210 g/mol. The van der Waals surface area contributed by atoms with Gasteiger partial charge in [0.2, 0.25) is 0 Å². The fraction of sp³-hybridized carbons (Fsp3) is 0.273. The Morgan fingerprint density at radius 3 is 3.07 bits per heavy atom. The highest BCUT2D eigenvalue weighted by atomic mass is 32.2. The number of carbonyl (C=O) groups excluding carboxylic acids is 1. The molecule has 0 bridgehead atoms. The first-order valence-corrected chi connectivity index (χ1v) is 5.57. The molecule has 0 aromatic carbocycles. The van der Waals surface area contributed by atoms with E-state index in [9.17, 15) is 4.79 Å². The number of rotatable bonds is 3. The highest BCUT2D eigenvalue weighted by Gasteiger charge is 2.10. The minimum Gasteiger partial charge on any atom is -0.446 e. The van der Waals surface area contributed by atoms with Crippen LogP contribution in [0.25, 0.3) is 0 Å². The van der Waals surface area contributed by atoms with Crippen molar-refractivity contribution in [3.63, 3.8) is 0 Å². The Morgan fingerprint density at radius 2 is 2.47 bits per heavy atom. The average Bonchev–Trinajstić information content (AvgIpc) is 2.28. The number of aromatic nitrogens is 1. The second-order valence-corrected chi connectivity index (χ2v) is 3.63. The summed E-state index contributed by atoms with van der Waals surface area (Å²) in [6, 6.07) is 3.28. The number of thioether (sulfide) groups is 1. The van der Waals surface area contributed by atoms with Gasteiger partial charge in [-0.25, -0.2) is 9.78 Å². The number of pyridine rings is 1. The summed E-state index contributed by atoms with van der Waals surface area (Å²) in [6.45, 7) is 1.65. The fourth-order valence-corrected chi connectivity index (χ4v) is 1.32. The van der Waals surface area contributed by atoms with E-state index in [4.69, 9.17) is 11.2 Å². The zero-order valence-electron chi connectivity index (χ0n) is 8.56. The van der Waals surface area contributed by atoms with Gasteiger partial charge in [-0.15, -0.1) is 18.2 Å². The summed E-state index contributed by atoms with van der Waals surface area (Å²) in [6.07, 6.45) is 8.06. The number of esters is 1. The van der Waals surface area contributed by atoms with Gasteiger partial charge in [0.1, 0.15) is 0 Å². The third-order valence-electron chi connectivity index (χ3n) is 1.70. The predicted molar refractivity (Wildman–Crippen MR) is 59.7 cm³/mol. The minimum absolute atomic E-state index is 0.418. The van der Waals surface area contributed by atoms with Crippen LogP contribution in [0.4, 0.5) is 0 Å². The van der Waals surface area contributed by atoms with Gasteiger partial charge in [-0.1, -0.05) is 5.92 Å². The van der Waals surface area contributed by atoms with Crippen molar-refractivity contribution in [2.75, 3.05) is 6.26 Å². The first-order valence-electron chi connectivity index (χ1n) is 4.34. The Bertz CT molecular complexity index is 398. The van der Waals surface area contributed by atoms with Crippen LogP contribution in [0.2, 0.25) is 0 Å². The molecule has 0 aliphatic rings. The summed E-state index contributed by atoms with van der Waals surface area (Å²) in [5, 5.41) is 0.776. The van der Waals surface area contributed by atoms with Gasteiger partial charge in [-0.3, -0.25) is 0 Å². The van der Waals surface area contributed by atoms with Crippen molar-refractivity contribution >= 4 is 17.7 Å². The summed E-state index contributed by atoms with van der Waals surface area (Å²) >= 11 is 1.47. The molecule has 0 fully saturated rings. The fourth-order valence-electron chi connectivity index (χ4n) is 0.911. The van der Waals surface area contributed by atoms with Crippen molar-refractivity contribution in [1.29, 1.82) is 0 Å². The van der Waals surface area contributed by atoms with E-state index in [1.807, 2.05) is 6.26 Å². The van der Waals surface area contributed by atoms with E-state index in [-0.39, 0.29) is 0 Å². The quantitative estimate of drug-likeness (QED) is 0.444. The van der Waals surface area contributed by atoms with E-state index in [0.29, 0.717) is 5.56 Å². The van der Waals surface area contributed by atoms with Crippen molar-refractivity contribution in [3.05, 3.63) is 23.9 Å². The number of carbonyl (C=O) groups is 1. The third-order valence-corrected chi connectivity index (χ3v) is 2.34. The van der Waals surface area contributed by atoms with Gasteiger partial charge < -0.3 is 4.74 Å². The van der Waals surface area contributed by atoms with Crippen LogP contribution in [-0.2, 0) is 4.74 Å². The molecule has 0 radical (unpaired) electrons. The molecule has 15 heavy (non-hydrogen) atoms. The van der Waals surface area contributed by atoms with Crippen LogP contribution < -0.4 is 0 Å². The Kier molecular flexibility index (Phi) is 4.19. The normalized spacial score (nSPS) is 11.5. The van der Waals surface area contributed by atoms with Crippen LogP contribution in [0, 0.1) is 12.3 Å². The molecule has 3 nitrogen and oxygen atoms in total. The maximum Gasteiger partial charge on any atom is 0.339 e. The molecule has 1 atom stereocenters. The lowest BCUT2D eigenvalue weighted by Crippen LogP contribution is -2.13. The van der Waals surface area contributed by atoms with Gasteiger partial charge in [0.15, 0.2) is 6.10 Å². The second kappa shape index (κ2) is 5.42. The van der Waals surface area contributed by atoms with Crippen LogP contribution in [-0.4, -0.2) is 23.3 Å². The SMILES string of the molecule is C#C[C@H](C)OC(=O)c1ccnc(SC)c1. The zero-order valence-corrected chi connectivity index (χ0v) is 9.38. The highest BCUT2D eigenvalue weighted by molar-refractivity contribution is 7.98. The molecule has 1 aromatic rings. The average molecular weight is 221 g/mol. The molecule has 0 aliphatic carbocycles. The molecule has 0 N–H and O–H groups in total. The van der Waals surface area contributed by atoms with Crippen LogP contribution in [0.5, 0.6) is 0 Å². The summed E-state index contributed by atoms with van der Waals surface area (Å²) in [5.41, 5.74) is 0.469. The summed E-state index contributed by atoms with van der Waals surface area (Å²) < 4.78 is 4.97. The Hall–Kier alpha value is -1.47. The standard InChI is InChI=1S/C11H11NO2S/c1-4-8(2)14-11(13)9-5-6-12-10(7-9)15-3/h1,5-8H,2-3H3/t8-/m0/s1. The molecule has 0 amide bonds. The van der Waals surface area contributed by atoms with Gasteiger partial charge in [0.25, 0.3) is 0 Å². The van der Waals surface area contributed by atoms with Crippen LogP contribution in [0.3, 0.4) is 0 Å². The summed E-state index contributed by atoms with van der Waals surface area (Å²) in [5.74, 6) is 1.91. The minimum atomic E-state index is -0.511. The first kappa shape index (κ1) is 11.6. The number of nitrogens with zero attached hydrogens (tertiary/aromatic N) is 1. The zero-order chi connectivity index (χ0) is 11.3. The van der Waals surface area contributed by atoms with Gasteiger partial charge in [0.05, 0.1) is 10.6 Å². The third kappa shape index (κ3) is 3.30. The van der Waals surface area contributed by atoms with E-state index >= 15 is 0 Å². The van der Waals surface area contributed by atoms with Gasteiger partial charge >= 0.3 is 5.97 Å². The maximum atomic E-state index is 11.5.